The molecule has 0 radical (unpaired) electrons. The maximum Gasteiger partial charge on any atom is 0.196 e. The lowest BCUT2D eigenvalue weighted by Crippen LogP contribution is -2.00. The molecule has 0 spiro atoms. The maximum atomic E-state index is 14.4. The highest BCUT2D eigenvalue weighted by atomic mass is 32.2. The Kier molecular flexibility index (Phi) is 8.18. The van der Waals surface area contributed by atoms with Gasteiger partial charge in [-0.3, -0.25) is 4.79 Å². The van der Waals surface area contributed by atoms with Crippen molar-refractivity contribution in [1.82, 2.24) is 14.8 Å². The summed E-state index contributed by atoms with van der Waals surface area (Å²) in [5, 5.41) is 8.79. The first-order valence-corrected chi connectivity index (χ1v) is 11.7. The summed E-state index contributed by atoms with van der Waals surface area (Å²) in [5.41, 5.74) is 2.47. The quantitative estimate of drug-likeness (QED) is 0.278. The van der Waals surface area contributed by atoms with Crippen LogP contribution in [0.15, 0.2) is 39.9 Å². The summed E-state index contributed by atoms with van der Waals surface area (Å²) in [6.07, 6.45) is 13.8. The van der Waals surface area contributed by atoms with E-state index < -0.39 is 11.6 Å². The van der Waals surface area contributed by atoms with E-state index in [2.05, 4.69) is 29.3 Å². The van der Waals surface area contributed by atoms with Crippen LogP contribution in [0.3, 0.4) is 0 Å². The number of aromatic nitrogens is 3. The van der Waals surface area contributed by atoms with Crippen molar-refractivity contribution >= 4 is 23.1 Å². The number of hydrogen-bond acceptors (Lipinski definition) is 4. The van der Waals surface area contributed by atoms with Gasteiger partial charge in [-0.15, -0.1) is 10.2 Å². The average Bonchev–Trinajstić information content (AvgIpc) is 3.33. The zero-order valence-electron chi connectivity index (χ0n) is 18.4. The summed E-state index contributed by atoms with van der Waals surface area (Å²) < 4.78 is 30.5. The Labute approximate surface area is 186 Å². The highest BCUT2D eigenvalue weighted by Gasteiger charge is 2.21. The van der Waals surface area contributed by atoms with Crippen molar-refractivity contribution in [1.29, 1.82) is 0 Å². The van der Waals surface area contributed by atoms with Crippen molar-refractivity contribution in [3.05, 3.63) is 52.9 Å². The number of allylic oxidation sites excluding steroid dienone is 4. The summed E-state index contributed by atoms with van der Waals surface area (Å²) in [4.78, 5) is 11.2. The first-order valence-electron chi connectivity index (χ1n) is 10.9. The van der Waals surface area contributed by atoms with Gasteiger partial charge >= 0.3 is 0 Å². The van der Waals surface area contributed by atoms with Crippen LogP contribution in [-0.4, -0.2) is 20.5 Å². The molecule has 0 fully saturated rings. The topological polar surface area (TPSA) is 47.8 Å². The third kappa shape index (κ3) is 5.91. The maximum absolute atomic E-state index is 14.4. The minimum absolute atomic E-state index is 0.0121. The van der Waals surface area contributed by atoms with Gasteiger partial charge in [-0.05, 0) is 50.1 Å². The molecule has 1 heterocycles. The second-order valence-corrected chi connectivity index (χ2v) is 8.98. The molecule has 0 unspecified atom stereocenters. The highest BCUT2D eigenvalue weighted by molar-refractivity contribution is 7.99. The number of rotatable bonds is 11. The fraction of sp³-hybridized carbons (Fsp3) is 0.458. The van der Waals surface area contributed by atoms with Gasteiger partial charge in [-0.25, -0.2) is 8.78 Å². The molecule has 2 aromatic rings. The van der Waals surface area contributed by atoms with Crippen molar-refractivity contribution in [3.8, 4) is 0 Å². The third-order valence-electron chi connectivity index (χ3n) is 5.51. The number of hydrogen-bond donors (Lipinski definition) is 0. The smallest absolute Gasteiger partial charge is 0.196 e. The van der Waals surface area contributed by atoms with E-state index in [0.717, 1.165) is 42.3 Å². The molecule has 1 aromatic carbocycles. The van der Waals surface area contributed by atoms with Gasteiger partial charge in [-0.2, -0.15) is 0 Å². The van der Waals surface area contributed by atoms with Crippen molar-refractivity contribution < 1.29 is 13.6 Å². The summed E-state index contributed by atoms with van der Waals surface area (Å²) in [6.45, 7) is 3.50. The lowest BCUT2D eigenvalue weighted by molar-refractivity contribution is 0.101. The van der Waals surface area contributed by atoms with Crippen LogP contribution in [0.1, 0.15) is 81.4 Å². The molecule has 0 N–H and O–H groups in total. The molecule has 0 saturated carbocycles. The van der Waals surface area contributed by atoms with E-state index in [1.165, 1.54) is 51.0 Å². The largest absolute Gasteiger partial charge is 0.305 e. The second-order valence-electron chi connectivity index (χ2n) is 8.00. The minimum atomic E-state index is -0.775. The average molecular weight is 446 g/mol. The normalized spacial score (nSPS) is 13.5. The van der Waals surface area contributed by atoms with Gasteiger partial charge in [0.05, 0.1) is 4.90 Å². The predicted octanol–water partition coefficient (Wildman–Crippen LogP) is 6.91. The molecule has 1 aliphatic carbocycles. The fourth-order valence-electron chi connectivity index (χ4n) is 3.67. The Morgan fingerprint density at radius 2 is 1.74 bits per heavy atom. The number of carbonyl (C=O) groups excluding carboxylic acids is 1. The zero-order valence-corrected chi connectivity index (χ0v) is 19.2. The van der Waals surface area contributed by atoms with Crippen molar-refractivity contribution in [2.75, 3.05) is 0 Å². The van der Waals surface area contributed by atoms with E-state index >= 15 is 0 Å². The Bertz CT molecular complexity index is 987. The Balaban J connectivity index is 1.60. The van der Waals surface area contributed by atoms with E-state index in [9.17, 15) is 13.6 Å². The number of carbonyl (C=O) groups is 1. The van der Waals surface area contributed by atoms with Crippen LogP contribution >= 0.6 is 11.8 Å². The Morgan fingerprint density at radius 3 is 2.42 bits per heavy atom. The van der Waals surface area contributed by atoms with Gasteiger partial charge in [0.15, 0.2) is 16.8 Å². The number of Topliss-reactive ketones (excluding diaryl/α,β-unsaturated/α-hetero) is 1. The van der Waals surface area contributed by atoms with E-state index in [-0.39, 0.29) is 16.2 Å². The molecular weight excluding hydrogens is 416 g/mol. The van der Waals surface area contributed by atoms with Crippen LogP contribution in [0.2, 0.25) is 0 Å². The Hall–Kier alpha value is -2.28. The van der Waals surface area contributed by atoms with Gasteiger partial charge in [0.25, 0.3) is 0 Å². The van der Waals surface area contributed by atoms with Crippen molar-refractivity contribution in [3.63, 3.8) is 0 Å². The molecule has 1 aliphatic rings. The Morgan fingerprint density at radius 1 is 1.06 bits per heavy atom. The molecule has 4 nitrogen and oxygen atoms in total. The van der Waals surface area contributed by atoms with Gasteiger partial charge in [0.2, 0.25) is 0 Å². The monoisotopic (exact) mass is 445 g/mol. The van der Waals surface area contributed by atoms with Crippen LogP contribution < -0.4 is 0 Å². The highest BCUT2D eigenvalue weighted by Crippen LogP contribution is 2.35. The molecular formula is C24H29F2N3OS. The molecule has 0 amide bonds. The minimum Gasteiger partial charge on any atom is -0.305 e. The molecule has 166 valence electrons. The van der Waals surface area contributed by atoms with E-state index in [1.54, 1.807) is 11.6 Å². The number of nitrogens with zero attached hydrogens (tertiary/aromatic N) is 3. The van der Waals surface area contributed by atoms with Gasteiger partial charge in [0.1, 0.15) is 11.6 Å². The molecule has 7 heteroatoms. The SMILES string of the molecule is CCCCCCCCC1=CC=C(c2nnc(Sc3c(F)cc(C(C)=O)cc3F)n2C)C1. The molecule has 0 atom stereocenters. The summed E-state index contributed by atoms with van der Waals surface area (Å²) in [5.74, 6) is -1.23. The number of halogens is 2. The molecule has 0 bridgehead atoms. The zero-order chi connectivity index (χ0) is 22.4. The number of ketones is 1. The predicted molar refractivity (Wildman–Crippen MR) is 120 cm³/mol. The fourth-order valence-corrected chi connectivity index (χ4v) is 4.47. The summed E-state index contributed by atoms with van der Waals surface area (Å²) in [7, 11) is 1.80. The third-order valence-corrected chi connectivity index (χ3v) is 6.64. The summed E-state index contributed by atoms with van der Waals surface area (Å²) in [6, 6.07) is 2.12. The first-order chi connectivity index (χ1) is 14.9. The van der Waals surface area contributed by atoms with Gasteiger partial charge in [-0.1, -0.05) is 56.8 Å². The van der Waals surface area contributed by atoms with Crippen LogP contribution in [0.25, 0.3) is 5.57 Å². The van der Waals surface area contributed by atoms with Crippen LogP contribution in [0.4, 0.5) is 8.78 Å². The standard InChI is InChI=1S/C24H29F2N3OS/c1-4-5-6-7-8-9-10-17-11-12-18(13-17)23-27-28-24(29(23)3)31-22-20(25)14-19(16(2)30)15-21(22)26/h11-12,14-15H,4-10,13H2,1-3H3. The number of benzene rings is 1. The van der Waals surface area contributed by atoms with Crippen LogP contribution in [0.5, 0.6) is 0 Å². The van der Waals surface area contributed by atoms with Crippen molar-refractivity contribution in [2.45, 2.75) is 75.3 Å². The second kappa shape index (κ2) is 10.8. The molecule has 0 aliphatic heterocycles. The first kappa shape index (κ1) is 23.4. The molecule has 3 rings (SSSR count). The van der Waals surface area contributed by atoms with Gasteiger partial charge < -0.3 is 4.57 Å². The van der Waals surface area contributed by atoms with E-state index in [0.29, 0.717) is 11.0 Å². The molecule has 31 heavy (non-hydrogen) atoms. The summed E-state index contributed by atoms with van der Waals surface area (Å²) >= 11 is 0.875. The lowest BCUT2D eigenvalue weighted by atomic mass is 10.0. The van der Waals surface area contributed by atoms with Gasteiger partial charge in [0, 0.05) is 18.2 Å². The van der Waals surface area contributed by atoms with Crippen LogP contribution in [-0.2, 0) is 7.05 Å². The lowest BCUT2D eigenvalue weighted by Gasteiger charge is -2.08. The van der Waals surface area contributed by atoms with E-state index in [1.807, 2.05) is 0 Å². The van der Waals surface area contributed by atoms with E-state index in [4.69, 9.17) is 0 Å². The van der Waals surface area contributed by atoms with Crippen molar-refractivity contribution in [2.24, 2.45) is 7.05 Å². The number of unbranched alkanes of at least 4 members (excludes halogenated alkanes) is 5. The molecule has 0 saturated heterocycles. The molecule has 1 aromatic heterocycles. The van der Waals surface area contributed by atoms with Crippen LogP contribution in [0, 0.1) is 11.6 Å².